The van der Waals surface area contributed by atoms with Crippen molar-refractivity contribution in [3.05, 3.63) is 11.3 Å². The highest BCUT2D eigenvalue weighted by atomic mass is 16.5. The van der Waals surface area contributed by atoms with E-state index in [0.29, 0.717) is 0 Å². The molecule has 21 heavy (non-hydrogen) atoms. The van der Waals surface area contributed by atoms with Crippen molar-refractivity contribution in [2.75, 3.05) is 0 Å². The lowest BCUT2D eigenvalue weighted by Crippen LogP contribution is -2.69. The van der Waals surface area contributed by atoms with Gasteiger partial charge in [0.15, 0.2) is 6.04 Å². The molecule has 1 heterocycles. The van der Waals surface area contributed by atoms with Crippen LogP contribution >= 0.6 is 0 Å². The normalized spacial score (nSPS) is 37.6. The standard InChI is InChI=1S/C13H20N2O6/c1-4(14)12(19)15-10-5(2)21-13(20)8-6(16)3-7(17)11(18)9(8)10/h4-5,7,9-11,16-18H,3,14H2,1-2H3,(H,15,19)/p+1/t4-,5+,7+,9+,10-,11-/m0/s1. The third-order valence-corrected chi connectivity index (χ3v) is 3.97. The van der Waals surface area contributed by atoms with Gasteiger partial charge in [-0.15, -0.1) is 0 Å². The highest BCUT2D eigenvalue weighted by Crippen LogP contribution is 2.37. The number of aliphatic hydroxyl groups is 3. The van der Waals surface area contributed by atoms with Gasteiger partial charge in [-0.2, -0.15) is 0 Å². The fourth-order valence-corrected chi connectivity index (χ4v) is 2.79. The average molecular weight is 301 g/mol. The van der Waals surface area contributed by atoms with Crippen LogP contribution in [0.15, 0.2) is 11.3 Å². The van der Waals surface area contributed by atoms with E-state index >= 15 is 0 Å². The SMILES string of the molecule is C[C@H]([NH3+])C(=O)N[C@@H]1[C@H]2C(=C(O)C[C@@H](O)[C@@H]2O)C(=O)O[C@@H]1C. The summed E-state index contributed by atoms with van der Waals surface area (Å²) in [5.74, 6) is -2.32. The van der Waals surface area contributed by atoms with Gasteiger partial charge in [0.1, 0.15) is 11.9 Å². The monoisotopic (exact) mass is 301 g/mol. The van der Waals surface area contributed by atoms with Crippen molar-refractivity contribution < 1.29 is 35.4 Å². The fourth-order valence-electron chi connectivity index (χ4n) is 2.79. The number of quaternary nitrogens is 1. The van der Waals surface area contributed by atoms with E-state index in [2.05, 4.69) is 11.1 Å². The predicted molar refractivity (Wildman–Crippen MR) is 69.6 cm³/mol. The number of carbonyl (C=O) groups excluding carboxylic acids is 2. The Labute approximate surface area is 121 Å². The summed E-state index contributed by atoms with van der Waals surface area (Å²) in [7, 11) is 0. The molecule has 1 fully saturated rings. The predicted octanol–water partition coefficient (Wildman–Crippen LogP) is -2.40. The summed E-state index contributed by atoms with van der Waals surface area (Å²) in [5.41, 5.74) is 3.53. The minimum absolute atomic E-state index is 0.0760. The highest BCUT2D eigenvalue weighted by molar-refractivity contribution is 5.91. The molecule has 0 saturated carbocycles. The summed E-state index contributed by atoms with van der Waals surface area (Å²) in [6.45, 7) is 3.19. The quantitative estimate of drug-likeness (QED) is 0.360. The van der Waals surface area contributed by atoms with Crippen LogP contribution in [0.25, 0.3) is 0 Å². The Morgan fingerprint density at radius 2 is 2.10 bits per heavy atom. The van der Waals surface area contributed by atoms with Crippen LogP contribution in [0, 0.1) is 5.92 Å². The molecule has 0 aromatic rings. The molecule has 0 aromatic heterocycles. The van der Waals surface area contributed by atoms with E-state index in [9.17, 15) is 24.9 Å². The maximum atomic E-state index is 11.9. The van der Waals surface area contributed by atoms with E-state index < -0.39 is 42.3 Å². The van der Waals surface area contributed by atoms with Crippen molar-refractivity contribution in [1.29, 1.82) is 0 Å². The molecule has 2 aliphatic rings. The number of hydrogen-bond acceptors (Lipinski definition) is 6. The van der Waals surface area contributed by atoms with E-state index in [4.69, 9.17) is 4.74 Å². The Hall–Kier alpha value is -1.64. The molecule has 1 saturated heterocycles. The number of aliphatic hydroxyl groups excluding tert-OH is 3. The molecule has 8 heteroatoms. The van der Waals surface area contributed by atoms with Crippen LogP contribution in [0.4, 0.5) is 0 Å². The Morgan fingerprint density at radius 1 is 1.48 bits per heavy atom. The first-order valence-electron chi connectivity index (χ1n) is 6.86. The van der Waals surface area contributed by atoms with Crippen LogP contribution in [-0.4, -0.2) is 57.6 Å². The van der Waals surface area contributed by atoms with Crippen LogP contribution in [0.3, 0.4) is 0 Å². The molecular formula is C13H21N2O6+. The minimum Gasteiger partial charge on any atom is -0.512 e. The summed E-state index contributed by atoms with van der Waals surface area (Å²) >= 11 is 0. The van der Waals surface area contributed by atoms with Crippen LogP contribution in [0.1, 0.15) is 20.3 Å². The summed E-state index contributed by atoms with van der Waals surface area (Å²) in [6, 6.07) is -1.26. The van der Waals surface area contributed by atoms with Crippen molar-refractivity contribution in [3.63, 3.8) is 0 Å². The number of esters is 1. The van der Waals surface area contributed by atoms with Gasteiger partial charge >= 0.3 is 5.97 Å². The molecule has 1 aliphatic heterocycles. The maximum absolute atomic E-state index is 11.9. The molecule has 0 spiro atoms. The Morgan fingerprint density at radius 3 is 2.67 bits per heavy atom. The van der Waals surface area contributed by atoms with Gasteiger partial charge in [-0.25, -0.2) is 4.79 Å². The minimum atomic E-state index is -1.27. The maximum Gasteiger partial charge on any atom is 0.338 e. The van der Waals surface area contributed by atoms with Crippen molar-refractivity contribution in [2.24, 2.45) is 5.92 Å². The Bertz CT molecular complexity index is 489. The molecule has 6 atom stereocenters. The second-order valence-electron chi connectivity index (χ2n) is 5.69. The highest BCUT2D eigenvalue weighted by Gasteiger charge is 2.51. The molecule has 7 N–H and O–H groups in total. The summed E-state index contributed by atoms with van der Waals surface area (Å²) < 4.78 is 5.12. The number of fused-ring (bicyclic) bond motifs is 1. The van der Waals surface area contributed by atoms with Gasteiger partial charge in [0.05, 0.1) is 23.8 Å². The lowest BCUT2D eigenvalue weighted by atomic mass is 9.74. The molecule has 0 aromatic carbocycles. The van der Waals surface area contributed by atoms with E-state index in [0.717, 1.165) is 0 Å². The topological polar surface area (TPSA) is 144 Å². The second kappa shape index (κ2) is 5.63. The average Bonchev–Trinajstić information content (AvgIpc) is 2.38. The molecule has 0 radical (unpaired) electrons. The van der Waals surface area contributed by atoms with Crippen molar-refractivity contribution in [3.8, 4) is 0 Å². The zero-order chi connectivity index (χ0) is 15.9. The number of nitrogens with one attached hydrogen (secondary N) is 1. The molecule has 0 bridgehead atoms. The summed E-state index contributed by atoms with van der Waals surface area (Å²) in [4.78, 5) is 23.8. The number of ether oxygens (including phenoxy) is 1. The van der Waals surface area contributed by atoms with Crippen LogP contribution in [0.5, 0.6) is 0 Å². The number of rotatable bonds is 2. The molecule has 8 nitrogen and oxygen atoms in total. The first kappa shape index (κ1) is 15.7. The molecular weight excluding hydrogens is 280 g/mol. The number of hydrogen-bond donors (Lipinski definition) is 5. The molecule has 1 amide bonds. The second-order valence-corrected chi connectivity index (χ2v) is 5.69. The molecule has 1 aliphatic carbocycles. The lowest BCUT2D eigenvalue weighted by molar-refractivity contribution is -0.398. The number of cyclic esters (lactones) is 1. The van der Waals surface area contributed by atoms with Gasteiger partial charge < -0.3 is 31.1 Å². The van der Waals surface area contributed by atoms with E-state index in [-0.39, 0.29) is 23.7 Å². The van der Waals surface area contributed by atoms with Gasteiger partial charge in [-0.3, -0.25) is 4.79 Å². The van der Waals surface area contributed by atoms with Crippen molar-refractivity contribution in [2.45, 2.75) is 50.7 Å². The van der Waals surface area contributed by atoms with Gasteiger partial charge in [0.2, 0.25) is 0 Å². The van der Waals surface area contributed by atoms with E-state index in [1.807, 2.05) is 0 Å². The number of amides is 1. The zero-order valence-corrected chi connectivity index (χ0v) is 11.9. The van der Waals surface area contributed by atoms with Crippen LogP contribution in [-0.2, 0) is 14.3 Å². The first-order chi connectivity index (χ1) is 9.73. The van der Waals surface area contributed by atoms with Gasteiger partial charge in [0, 0.05) is 12.3 Å². The van der Waals surface area contributed by atoms with Gasteiger partial charge in [-0.1, -0.05) is 0 Å². The van der Waals surface area contributed by atoms with Gasteiger partial charge in [-0.05, 0) is 13.8 Å². The third kappa shape index (κ3) is 2.74. The third-order valence-electron chi connectivity index (χ3n) is 3.97. The van der Waals surface area contributed by atoms with E-state index in [1.54, 1.807) is 13.8 Å². The number of carbonyl (C=O) groups is 2. The van der Waals surface area contributed by atoms with Gasteiger partial charge in [0.25, 0.3) is 5.91 Å². The fraction of sp³-hybridized carbons (Fsp3) is 0.692. The summed E-state index contributed by atoms with van der Waals surface area (Å²) in [5, 5.41) is 32.5. The molecule has 2 rings (SSSR count). The molecule has 118 valence electrons. The largest absolute Gasteiger partial charge is 0.512 e. The van der Waals surface area contributed by atoms with Crippen LogP contribution in [0.2, 0.25) is 0 Å². The summed E-state index contributed by atoms with van der Waals surface area (Å²) in [6.07, 6.45) is -3.38. The van der Waals surface area contributed by atoms with Crippen molar-refractivity contribution >= 4 is 11.9 Å². The van der Waals surface area contributed by atoms with Crippen LogP contribution < -0.4 is 11.1 Å². The zero-order valence-electron chi connectivity index (χ0n) is 11.9. The Kier molecular flexibility index (Phi) is 4.22. The smallest absolute Gasteiger partial charge is 0.338 e. The van der Waals surface area contributed by atoms with Crippen molar-refractivity contribution in [1.82, 2.24) is 5.32 Å². The lowest BCUT2D eigenvalue weighted by Gasteiger charge is -2.43. The van der Waals surface area contributed by atoms with E-state index in [1.165, 1.54) is 0 Å². The Balaban J connectivity index is 2.37. The molecule has 0 unspecified atom stereocenters. The first-order valence-corrected chi connectivity index (χ1v) is 6.86.